The number of amides is 1. The molecule has 15 heavy (non-hydrogen) atoms. The number of hydrogen-bond donors (Lipinski definition) is 2. The van der Waals surface area contributed by atoms with Gasteiger partial charge in [0.1, 0.15) is 12.3 Å². The molecule has 0 aliphatic carbocycles. The average molecular weight is 221 g/mol. The summed E-state index contributed by atoms with van der Waals surface area (Å²) in [4.78, 5) is 21.8. The number of ether oxygens (including phenoxy) is 1. The van der Waals surface area contributed by atoms with E-state index in [4.69, 9.17) is 9.84 Å². The summed E-state index contributed by atoms with van der Waals surface area (Å²) in [6.45, 7) is 4.74. The van der Waals surface area contributed by atoms with E-state index in [1.54, 1.807) is 20.8 Å². The van der Waals surface area contributed by atoms with Crippen molar-refractivity contribution in [2.24, 2.45) is 0 Å². The topological polar surface area (TPSA) is 75.6 Å². The second-order valence-corrected chi connectivity index (χ2v) is 4.40. The van der Waals surface area contributed by atoms with Crippen molar-refractivity contribution in [3.05, 3.63) is 0 Å². The highest BCUT2D eigenvalue weighted by Crippen LogP contribution is 2.10. The van der Waals surface area contributed by atoms with E-state index in [-0.39, 0.29) is 0 Å². The Labute approximate surface area is 87.6 Å². The molecule has 0 fully saturated rings. The molecule has 0 aromatic heterocycles. The maximum absolute atomic E-state index is 12.4. The molecule has 0 aliphatic rings. The summed E-state index contributed by atoms with van der Waals surface area (Å²) < 4.78 is 17.2. The van der Waals surface area contributed by atoms with Gasteiger partial charge in [0.15, 0.2) is 5.54 Å². The van der Waals surface area contributed by atoms with Crippen LogP contribution in [0.5, 0.6) is 0 Å². The Kier molecular flexibility index (Phi) is 4.06. The number of carbonyl (C=O) groups excluding carboxylic acids is 1. The molecule has 0 spiro atoms. The first-order chi connectivity index (χ1) is 6.60. The van der Waals surface area contributed by atoms with E-state index in [1.165, 1.54) is 0 Å². The van der Waals surface area contributed by atoms with Gasteiger partial charge in [-0.1, -0.05) is 0 Å². The summed E-state index contributed by atoms with van der Waals surface area (Å²) in [6.07, 6.45) is -0.954. The molecule has 0 rings (SSSR count). The quantitative estimate of drug-likeness (QED) is 0.753. The van der Waals surface area contributed by atoms with Crippen LogP contribution < -0.4 is 5.32 Å². The number of nitrogens with one attached hydrogen (secondary N) is 1. The van der Waals surface area contributed by atoms with Gasteiger partial charge in [0.25, 0.3) is 0 Å². The molecule has 88 valence electrons. The molecule has 0 aromatic carbocycles. The van der Waals surface area contributed by atoms with Crippen LogP contribution in [0.2, 0.25) is 0 Å². The molecule has 0 bridgehead atoms. The van der Waals surface area contributed by atoms with Crippen molar-refractivity contribution < 1.29 is 23.8 Å². The molecule has 6 heteroatoms. The van der Waals surface area contributed by atoms with Crippen molar-refractivity contribution in [3.8, 4) is 0 Å². The van der Waals surface area contributed by atoms with E-state index in [0.717, 1.165) is 6.92 Å². The number of aliphatic carboxylic acids is 1. The fourth-order valence-corrected chi connectivity index (χ4v) is 0.673. The number of carboxylic acid groups (broad SMARTS) is 1. The highest BCUT2D eigenvalue weighted by Gasteiger charge is 2.36. The van der Waals surface area contributed by atoms with Crippen LogP contribution in [0, 0.1) is 0 Å². The number of rotatable bonds is 3. The molecule has 0 saturated heterocycles. The lowest BCUT2D eigenvalue weighted by Crippen LogP contribution is -2.55. The van der Waals surface area contributed by atoms with Gasteiger partial charge in [-0.25, -0.2) is 14.0 Å². The molecule has 0 aromatic rings. The lowest BCUT2D eigenvalue weighted by Gasteiger charge is -2.26. The zero-order valence-electron chi connectivity index (χ0n) is 9.26. The van der Waals surface area contributed by atoms with Gasteiger partial charge in [0.2, 0.25) is 0 Å². The summed E-state index contributed by atoms with van der Waals surface area (Å²) >= 11 is 0. The third kappa shape index (κ3) is 4.62. The normalized spacial score (nSPS) is 15.3. The predicted octanol–water partition coefficient (Wildman–Crippen LogP) is 1.32. The zero-order chi connectivity index (χ0) is 12.3. The molecule has 0 saturated carbocycles. The van der Waals surface area contributed by atoms with Crippen LogP contribution in [0.4, 0.5) is 9.18 Å². The minimum absolute atomic E-state index is 0.750. The molecule has 2 N–H and O–H groups in total. The van der Waals surface area contributed by atoms with Crippen molar-refractivity contribution in [2.45, 2.75) is 38.8 Å². The number of halogens is 1. The molecule has 1 amide bonds. The minimum Gasteiger partial charge on any atom is -0.479 e. The first-order valence-electron chi connectivity index (χ1n) is 4.41. The SMILES string of the molecule is CC(C)(C)OC(=O)N[C@@](C)(CF)C(=O)O. The Hall–Kier alpha value is -1.33. The fraction of sp³-hybridized carbons (Fsp3) is 0.778. The first-order valence-corrected chi connectivity index (χ1v) is 4.41. The number of alkyl halides is 1. The molecule has 0 radical (unpaired) electrons. The Morgan fingerprint density at radius 3 is 2.07 bits per heavy atom. The zero-order valence-corrected chi connectivity index (χ0v) is 9.26. The van der Waals surface area contributed by atoms with E-state index in [2.05, 4.69) is 0 Å². The summed E-state index contributed by atoms with van der Waals surface area (Å²) in [5, 5.41) is 10.6. The van der Waals surface area contributed by atoms with E-state index < -0.39 is 29.9 Å². The van der Waals surface area contributed by atoms with Crippen molar-refractivity contribution >= 4 is 12.1 Å². The summed E-state index contributed by atoms with van der Waals surface area (Å²) in [5.74, 6) is -1.45. The Morgan fingerprint density at radius 2 is 1.80 bits per heavy atom. The van der Waals surface area contributed by atoms with Gasteiger partial charge in [-0.05, 0) is 27.7 Å². The molecular weight excluding hydrogens is 205 g/mol. The molecule has 0 unspecified atom stereocenters. The average Bonchev–Trinajstić information content (AvgIpc) is 1.99. The lowest BCUT2D eigenvalue weighted by molar-refractivity contribution is -0.144. The highest BCUT2D eigenvalue weighted by molar-refractivity contribution is 5.84. The molecule has 1 atom stereocenters. The van der Waals surface area contributed by atoms with Crippen molar-refractivity contribution in [2.75, 3.05) is 6.67 Å². The van der Waals surface area contributed by atoms with Crippen LogP contribution in [0.15, 0.2) is 0 Å². The Balaban J connectivity index is 4.45. The third-order valence-corrected chi connectivity index (χ3v) is 1.52. The van der Waals surface area contributed by atoms with Crippen LogP contribution in [0.1, 0.15) is 27.7 Å². The minimum atomic E-state index is -1.94. The maximum atomic E-state index is 12.4. The first kappa shape index (κ1) is 13.7. The van der Waals surface area contributed by atoms with Gasteiger partial charge in [-0.2, -0.15) is 0 Å². The smallest absolute Gasteiger partial charge is 0.408 e. The maximum Gasteiger partial charge on any atom is 0.408 e. The van der Waals surface area contributed by atoms with E-state index >= 15 is 0 Å². The van der Waals surface area contributed by atoms with Crippen LogP contribution in [0.3, 0.4) is 0 Å². The predicted molar refractivity (Wildman–Crippen MR) is 51.4 cm³/mol. The Morgan fingerprint density at radius 1 is 1.33 bits per heavy atom. The van der Waals surface area contributed by atoms with Crippen molar-refractivity contribution in [3.63, 3.8) is 0 Å². The van der Waals surface area contributed by atoms with Crippen molar-refractivity contribution in [1.82, 2.24) is 5.32 Å². The van der Waals surface area contributed by atoms with E-state index in [9.17, 15) is 14.0 Å². The second kappa shape index (κ2) is 4.46. The molecule has 0 heterocycles. The lowest BCUT2D eigenvalue weighted by atomic mass is 10.1. The number of alkyl carbamates (subject to hydrolysis) is 1. The van der Waals surface area contributed by atoms with Crippen LogP contribution in [0.25, 0.3) is 0 Å². The third-order valence-electron chi connectivity index (χ3n) is 1.52. The Bertz CT molecular complexity index is 261. The highest BCUT2D eigenvalue weighted by atomic mass is 19.1. The van der Waals surface area contributed by atoms with E-state index in [1.807, 2.05) is 5.32 Å². The number of hydrogen-bond acceptors (Lipinski definition) is 3. The summed E-state index contributed by atoms with van der Waals surface area (Å²) in [7, 11) is 0. The van der Waals surface area contributed by atoms with Crippen LogP contribution in [-0.4, -0.2) is 35.0 Å². The van der Waals surface area contributed by atoms with E-state index in [0.29, 0.717) is 0 Å². The van der Waals surface area contributed by atoms with Gasteiger partial charge in [0.05, 0.1) is 0 Å². The monoisotopic (exact) mass is 221 g/mol. The standard InChI is InChI=1S/C9H16FNO4/c1-8(2,3)15-7(14)11-9(4,5-10)6(12)13/h5H2,1-4H3,(H,11,14)(H,12,13)/t9-/m0/s1. The summed E-state index contributed by atoms with van der Waals surface area (Å²) in [5.41, 5.74) is -2.69. The fourth-order valence-electron chi connectivity index (χ4n) is 0.673. The number of carbonyl (C=O) groups is 2. The van der Waals surface area contributed by atoms with Gasteiger partial charge in [0, 0.05) is 0 Å². The van der Waals surface area contributed by atoms with Crippen molar-refractivity contribution in [1.29, 1.82) is 0 Å². The molecule has 0 aliphatic heterocycles. The molecule has 5 nitrogen and oxygen atoms in total. The second-order valence-electron chi connectivity index (χ2n) is 4.40. The van der Waals surface area contributed by atoms with Gasteiger partial charge in [-0.3, -0.25) is 0 Å². The van der Waals surface area contributed by atoms with Gasteiger partial charge < -0.3 is 15.2 Å². The van der Waals surface area contributed by atoms with Gasteiger partial charge in [-0.15, -0.1) is 0 Å². The largest absolute Gasteiger partial charge is 0.479 e. The summed E-state index contributed by atoms with van der Waals surface area (Å²) in [6, 6.07) is 0. The van der Waals surface area contributed by atoms with Crippen LogP contribution >= 0.6 is 0 Å². The van der Waals surface area contributed by atoms with Gasteiger partial charge >= 0.3 is 12.1 Å². The number of carboxylic acids is 1. The molecular formula is C9H16FNO4. The van der Waals surface area contributed by atoms with Crippen LogP contribution in [-0.2, 0) is 9.53 Å².